The Morgan fingerprint density at radius 1 is 1.09 bits per heavy atom. The molecule has 0 saturated heterocycles. The van der Waals surface area contributed by atoms with Gasteiger partial charge in [-0.25, -0.2) is 4.98 Å². The lowest BCUT2D eigenvalue weighted by atomic mass is 9.89. The molecule has 0 atom stereocenters. The van der Waals surface area contributed by atoms with E-state index >= 15 is 0 Å². The number of hydrogen-bond donors (Lipinski definition) is 2. The normalized spacial score (nSPS) is 14.6. The maximum atomic E-state index is 12.3. The summed E-state index contributed by atoms with van der Waals surface area (Å²) >= 11 is 2.82. The predicted octanol–water partition coefficient (Wildman–Crippen LogP) is 3.83. The van der Waals surface area contributed by atoms with E-state index < -0.39 is 0 Å². The number of fused-ring (bicyclic) bond motifs is 3. The molecule has 32 heavy (non-hydrogen) atoms. The van der Waals surface area contributed by atoms with Crippen LogP contribution in [0.3, 0.4) is 0 Å². The molecule has 1 saturated carbocycles. The van der Waals surface area contributed by atoms with Crippen molar-refractivity contribution in [2.45, 2.75) is 37.3 Å². The van der Waals surface area contributed by atoms with Crippen molar-refractivity contribution in [3.05, 3.63) is 42.0 Å². The van der Waals surface area contributed by atoms with Crippen molar-refractivity contribution in [1.82, 2.24) is 30.4 Å². The highest BCUT2D eigenvalue weighted by Gasteiger charge is 2.21. The summed E-state index contributed by atoms with van der Waals surface area (Å²) in [5, 5.41) is 12.3. The van der Waals surface area contributed by atoms with Crippen molar-refractivity contribution < 1.29 is 9.59 Å². The van der Waals surface area contributed by atoms with E-state index in [0.29, 0.717) is 10.8 Å². The summed E-state index contributed by atoms with van der Waals surface area (Å²) in [5.74, 6) is -0.284. The van der Waals surface area contributed by atoms with Crippen molar-refractivity contribution in [3.8, 4) is 11.1 Å². The van der Waals surface area contributed by atoms with Crippen LogP contribution in [0.15, 0.2) is 47.2 Å². The zero-order chi connectivity index (χ0) is 21.9. The van der Waals surface area contributed by atoms with Crippen molar-refractivity contribution in [2.24, 2.45) is 5.92 Å². The van der Waals surface area contributed by atoms with Gasteiger partial charge in [-0.1, -0.05) is 61.4 Å². The number of hydrazine groups is 1. The molecule has 10 heteroatoms. The van der Waals surface area contributed by atoms with Gasteiger partial charge in [0.2, 0.25) is 11.8 Å². The Balaban J connectivity index is 1.28. The number of hydrogen-bond acceptors (Lipinski definition) is 7. The van der Waals surface area contributed by atoms with Crippen molar-refractivity contribution in [2.75, 3.05) is 5.75 Å². The largest absolute Gasteiger partial charge is 0.273 e. The van der Waals surface area contributed by atoms with Crippen LogP contribution in [0, 0.1) is 5.92 Å². The van der Waals surface area contributed by atoms with Gasteiger partial charge in [0.25, 0.3) is 0 Å². The molecular formula is C22H22N6O2S2. The molecule has 5 rings (SSSR count). The number of amides is 2. The molecule has 8 nitrogen and oxygen atoms in total. The van der Waals surface area contributed by atoms with Gasteiger partial charge in [-0.3, -0.25) is 24.8 Å². The molecule has 0 spiro atoms. The fourth-order valence-electron chi connectivity index (χ4n) is 4.01. The minimum atomic E-state index is -0.287. The third-order valence-electron chi connectivity index (χ3n) is 5.67. The Morgan fingerprint density at radius 3 is 2.72 bits per heavy atom. The van der Waals surface area contributed by atoms with Crippen LogP contribution in [0.1, 0.15) is 32.1 Å². The highest BCUT2D eigenvalue weighted by molar-refractivity contribution is 7.99. The minimum Gasteiger partial charge on any atom is -0.273 e. The summed E-state index contributed by atoms with van der Waals surface area (Å²) in [6.45, 7) is 0. The number of aromatic nitrogens is 4. The van der Waals surface area contributed by atoms with Gasteiger partial charge in [0.05, 0.1) is 11.1 Å². The highest BCUT2D eigenvalue weighted by atomic mass is 32.2. The standard InChI is InChI=1S/C22H22N6O2S2/c29-17(24-26-20(30)15-9-5-2-6-10-15)12-32-22-27-25-19-18-16(14-7-3-1-4-8-14)11-31-21(18)23-13-28(19)22/h1,3-4,7-8,11,13,15H,2,5-6,9-10,12H2,(H,24,29)(H,26,30). The topological polar surface area (TPSA) is 101 Å². The molecule has 1 aliphatic rings. The van der Waals surface area contributed by atoms with Crippen LogP contribution in [0.5, 0.6) is 0 Å². The molecule has 1 fully saturated rings. The third-order valence-corrected chi connectivity index (χ3v) is 7.50. The second-order valence-corrected chi connectivity index (χ2v) is 9.58. The van der Waals surface area contributed by atoms with E-state index in [1.807, 2.05) is 18.2 Å². The van der Waals surface area contributed by atoms with Gasteiger partial charge in [-0.05, 0) is 18.4 Å². The lowest BCUT2D eigenvalue weighted by Crippen LogP contribution is -2.45. The monoisotopic (exact) mass is 466 g/mol. The second kappa shape index (κ2) is 9.25. The minimum absolute atomic E-state index is 0.00459. The van der Waals surface area contributed by atoms with Gasteiger partial charge >= 0.3 is 0 Å². The number of carbonyl (C=O) groups excluding carboxylic acids is 2. The Kier molecular flexibility index (Phi) is 6.04. The number of thiophene rings is 1. The summed E-state index contributed by atoms with van der Waals surface area (Å²) < 4.78 is 1.81. The molecule has 1 aliphatic carbocycles. The first-order chi connectivity index (χ1) is 15.7. The van der Waals surface area contributed by atoms with Gasteiger partial charge in [-0.15, -0.1) is 21.5 Å². The fourth-order valence-corrected chi connectivity index (χ4v) is 5.63. The van der Waals surface area contributed by atoms with Crippen LogP contribution in [-0.4, -0.2) is 37.1 Å². The van der Waals surface area contributed by atoms with Crippen LogP contribution in [0.2, 0.25) is 0 Å². The summed E-state index contributed by atoms with van der Waals surface area (Å²) in [6.07, 6.45) is 6.78. The summed E-state index contributed by atoms with van der Waals surface area (Å²) in [4.78, 5) is 29.9. The average Bonchev–Trinajstić information content (AvgIpc) is 3.46. The van der Waals surface area contributed by atoms with Crippen LogP contribution in [0.25, 0.3) is 27.0 Å². The zero-order valence-electron chi connectivity index (χ0n) is 17.3. The summed E-state index contributed by atoms with van der Waals surface area (Å²) in [5.41, 5.74) is 7.95. The van der Waals surface area contributed by atoms with Crippen LogP contribution in [-0.2, 0) is 9.59 Å². The molecular weight excluding hydrogens is 444 g/mol. The van der Waals surface area contributed by atoms with Gasteiger partial charge in [-0.2, -0.15) is 0 Å². The molecule has 2 amide bonds. The average molecular weight is 467 g/mol. The van der Waals surface area contributed by atoms with Crippen LogP contribution < -0.4 is 10.9 Å². The number of nitrogens with one attached hydrogen (secondary N) is 2. The number of rotatable bonds is 5. The van der Waals surface area contributed by atoms with Gasteiger partial charge in [0, 0.05) is 16.9 Å². The number of benzene rings is 1. The van der Waals surface area contributed by atoms with E-state index in [1.54, 1.807) is 22.1 Å². The van der Waals surface area contributed by atoms with E-state index in [4.69, 9.17) is 0 Å². The number of nitrogens with zero attached hydrogens (tertiary/aromatic N) is 4. The lowest BCUT2D eigenvalue weighted by Gasteiger charge is -2.20. The Bertz CT molecular complexity index is 1260. The highest BCUT2D eigenvalue weighted by Crippen LogP contribution is 2.35. The first-order valence-corrected chi connectivity index (χ1v) is 12.4. The lowest BCUT2D eigenvalue weighted by molar-refractivity contribution is -0.131. The van der Waals surface area contributed by atoms with Crippen LogP contribution in [0.4, 0.5) is 0 Å². The molecule has 3 heterocycles. The molecule has 164 valence electrons. The smallest absolute Gasteiger partial charge is 0.248 e. The Morgan fingerprint density at radius 2 is 1.91 bits per heavy atom. The fraction of sp³-hybridized carbons (Fsp3) is 0.318. The molecule has 3 aromatic heterocycles. The Hall–Kier alpha value is -2.98. The molecule has 1 aromatic carbocycles. The van der Waals surface area contributed by atoms with E-state index in [-0.39, 0.29) is 23.5 Å². The van der Waals surface area contributed by atoms with Gasteiger partial charge in [0.1, 0.15) is 11.2 Å². The van der Waals surface area contributed by atoms with E-state index in [1.165, 1.54) is 18.2 Å². The van der Waals surface area contributed by atoms with Crippen molar-refractivity contribution >= 4 is 50.8 Å². The maximum Gasteiger partial charge on any atom is 0.248 e. The molecule has 0 aliphatic heterocycles. The predicted molar refractivity (Wildman–Crippen MR) is 125 cm³/mol. The Labute approximate surface area is 192 Å². The first-order valence-electron chi connectivity index (χ1n) is 10.6. The van der Waals surface area contributed by atoms with E-state index in [9.17, 15) is 9.59 Å². The van der Waals surface area contributed by atoms with E-state index in [0.717, 1.165) is 47.0 Å². The molecule has 0 unspecified atom stereocenters. The first kappa shape index (κ1) is 20.9. The SMILES string of the molecule is O=C(CSc1nnc2c3c(-c4ccccc4)csc3ncn12)NNC(=O)C1CCCCC1. The van der Waals surface area contributed by atoms with Gasteiger partial charge < -0.3 is 0 Å². The summed E-state index contributed by atoms with van der Waals surface area (Å²) in [7, 11) is 0. The maximum absolute atomic E-state index is 12.3. The molecule has 4 aromatic rings. The molecule has 0 radical (unpaired) electrons. The summed E-state index contributed by atoms with van der Waals surface area (Å²) in [6, 6.07) is 10.1. The van der Waals surface area contributed by atoms with E-state index in [2.05, 4.69) is 43.5 Å². The third kappa shape index (κ3) is 4.20. The van der Waals surface area contributed by atoms with Crippen molar-refractivity contribution in [1.29, 1.82) is 0 Å². The van der Waals surface area contributed by atoms with Crippen LogP contribution >= 0.6 is 23.1 Å². The number of thioether (sulfide) groups is 1. The molecule has 2 N–H and O–H groups in total. The molecule has 0 bridgehead atoms. The van der Waals surface area contributed by atoms with Gasteiger partial charge in [0.15, 0.2) is 10.8 Å². The number of carbonyl (C=O) groups is 2. The van der Waals surface area contributed by atoms with Crippen molar-refractivity contribution in [3.63, 3.8) is 0 Å². The second-order valence-electron chi connectivity index (χ2n) is 7.78. The zero-order valence-corrected chi connectivity index (χ0v) is 18.9. The quantitative estimate of drug-likeness (QED) is 0.342.